The minimum absolute atomic E-state index is 0.000211. The summed E-state index contributed by atoms with van der Waals surface area (Å²) >= 11 is 9.26. The standard InChI is InChI=1S/C19H19BrClFN2O3S/c20-13-5-8-18(17(22)11-13)23-19(25)15-12-14(6-7-16(15)21)28(26,27)24-9-3-1-2-4-10-24/h5-8,11-12H,1-4,9-10H2,(H,23,25). The van der Waals surface area contributed by atoms with E-state index in [2.05, 4.69) is 21.2 Å². The van der Waals surface area contributed by atoms with Gasteiger partial charge in [-0.15, -0.1) is 0 Å². The zero-order valence-corrected chi connectivity index (χ0v) is 18.1. The summed E-state index contributed by atoms with van der Waals surface area (Å²) in [6.45, 7) is 0.910. The molecule has 9 heteroatoms. The van der Waals surface area contributed by atoms with Gasteiger partial charge in [-0.2, -0.15) is 4.31 Å². The summed E-state index contributed by atoms with van der Waals surface area (Å²) in [5.74, 6) is -1.30. The van der Waals surface area contributed by atoms with Crippen LogP contribution >= 0.6 is 27.5 Å². The Hall–Kier alpha value is -1.48. The van der Waals surface area contributed by atoms with E-state index in [4.69, 9.17) is 11.6 Å². The zero-order valence-electron chi connectivity index (χ0n) is 14.9. The Balaban J connectivity index is 1.89. The van der Waals surface area contributed by atoms with Gasteiger partial charge in [-0.25, -0.2) is 12.8 Å². The molecule has 28 heavy (non-hydrogen) atoms. The van der Waals surface area contributed by atoms with Crippen LogP contribution in [0.25, 0.3) is 0 Å². The van der Waals surface area contributed by atoms with Crippen LogP contribution in [-0.4, -0.2) is 31.7 Å². The Kier molecular flexibility index (Phi) is 6.75. The Morgan fingerprint density at radius 1 is 1.07 bits per heavy atom. The molecule has 0 aromatic heterocycles. The molecule has 1 aliphatic rings. The van der Waals surface area contributed by atoms with Gasteiger partial charge in [0.2, 0.25) is 10.0 Å². The molecule has 0 radical (unpaired) electrons. The topological polar surface area (TPSA) is 66.5 Å². The van der Waals surface area contributed by atoms with Crippen molar-refractivity contribution in [3.63, 3.8) is 0 Å². The van der Waals surface area contributed by atoms with Gasteiger partial charge in [-0.05, 0) is 49.2 Å². The molecule has 3 rings (SSSR count). The fraction of sp³-hybridized carbons (Fsp3) is 0.316. The molecule has 0 bridgehead atoms. The van der Waals surface area contributed by atoms with Crippen LogP contribution in [0.4, 0.5) is 10.1 Å². The number of anilines is 1. The summed E-state index contributed by atoms with van der Waals surface area (Å²) in [5.41, 5.74) is -0.0510. The summed E-state index contributed by atoms with van der Waals surface area (Å²) in [7, 11) is -3.73. The summed E-state index contributed by atoms with van der Waals surface area (Å²) in [4.78, 5) is 12.6. The van der Waals surface area contributed by atoms with Crippen molar-refractivity contribution in [1.82, 2.24) is 4.31 Å². The molecule has 1 fully saturated rings. The average molecular weight is 490 g/mol. The highest BCUT2D eigenvalue weighted by Gasteiger charge is 2.26. The van der Waals surface area contributed by atoms with Crippen LogP contribution in [0.15, 0.2) is 45.8 Å². The quantitative estimate of drug-likeness (QED) is 0.653. The first kappa shape index (κ1) is 21.2. The van der Waals surface area contributed by atoms with E-state index in [1.54, 1.807) is 6.07 Å². The van der Waals surface area contributed by atoms with Gasteiger partial charge in [0.1, 0.15) is 5.82 Å². The van der Waals surface area contributed by atoms with E-state index in [0.29, 0.717) is 17.6 Å². The predicted octanol–water partition coefficient (Wildman–Crippen LogP) is 5.06. The molecule has 1 heterocycles. The van der Waals surface area contributed by atoms with Gasteiger partial charge in [0.15, 0.2) is 0 Å². The molecule has 150 valence electrons. The molecule has 5 nitrogen and oxygen atoms in total. The maximum absolute atomic E-state index is 14.0. The largest absolute Gasteiger partial charge is 0.319 e. The molecule has 2 aromatic rings. The van der Waals surface area contributed by atoms with Crippen LogP contribution in [0, 0.1) is 5.82 Å². The monoisotopic (exact) mass is 488 g/mol. The van der Waals surface area contributed by atoms with Crippen LogP contribution in [-0.2, 0) is 10.0 Å². The maximum atomic E-state index is 14.0. The van der Waals surface area contributed by atoms with Crippen molar-refractivity contribution in [1.29, 1.82) is 0 Å². The minimum Gasteiger partial charge on any atom is -0.319 e. The first-order valence-corrected chi connectivity index (χ1v) is 11.5. The second-order valence-electron chi connectivity index (χ2n) is 6.54. The van der Waals surface area contributed by atoms with E-state index in [1.165, 1.54) is 34.6 Å². The first-order valence-electron chi connectivity index (χ1n) is 8.85. The number of carbonyl (C=O) groups is 1. The van der Waals surface area contributed by atoms with Crippen LogP contribution in [0.3, 0.4) is 0 Å². The third kappa shape index (κ3) is 4.74. The molecule has 0 spiro atoms. The van der Waals surface area contributed by atoms with Crippen LogP contribution in [0.1, 0.15) is 36.0 Å². The van der Waals surface area contributed by atoms with Crippen molar-refractivity contribution in [2.45, 2.75) is 30.6 Å². The number of hydrogen-bond acceptors (Lipinski definition) is 3. The zero-order chi connectivity index (χ0) is 20.3. The Bertz CT molecular complexity index is 993. The number of carbonyl (C=O) groups excluding carboxylic acids is 1. The lowest BCUT2D eigenvalue weighted by Crippen LogP contribution is -2.32. The number of rotatable bonds is 4. The Morgan fingerprint density at radius 3 is 2.39 bits per heavy atom. The molecule has 1 amide bonds. The van der Waals surface area contributed by atoms with Gasteiger partial charge in [0, 0.05) is 17.6 Å². The van der Waals surface area contributed by atoms with Crippen LogP contribution < -0.4 is 5.32 Å². The molecule has 0 unspecified atom stereocenters. The van der Waals surface area contributed by atoms with Gasteiger partial charge in [-0.1, -0.05) is 40.4 Å². The molecule has 0 aliphatic carbocycles. The van der Waals surface area contributed by atoms with E-state index in [1.807, 2.05) is 0 Å². The maximum Gasteiger partial charge on any atom is 0.257 e. The smallest absolute Gasteiger partial charge is 0.257 e. The van der Waals surface area contributed by atoms with Gasteiger partial charge in [-0.3, -0.25) is 4.79 Å². The molecule has 1 N–H and O–H groups in total. The first-order chi connectivity index (χ1) is 13.3. The van der Waals surface area contributed by atoms with E-state index in [9.17, 15) is 17.6 Å². The second kappa shape index (κ2) is 8.90. The third-order valence-corrected chi connectivity index (χ3v) is 7.28. The lowest BCUT2D eigenvalue weighted by atomic mass is 10.2. The van der Waals surface area contributed by atoms with E-state index in [-0.39, 0.29) is 21.2 Å². The Labute approximate surface area is 177 Å². The average Bonchev–Trinajstić information content (AvgIpc) is 2.94. The van der Waals surface area contributed by atoms with E-state index < -0.39 is 21.7 Å². The number of nitrogens with one attached hydrogen (secondary N) is 1. The predicted molar refractivity (Wildman–Crippen MR) is 111 cm³/mol. The minimum atomic E-state index is -3.73. The van der Waals surface area contributed by atoms with Crippen molar-refractivity contribution in [2.24, 2.45) is 0 Å². The van der Waals surface area contributed by atoms with Crippen molar-refractivity contribution in [2.75, 3.05) is 18.4 Å². The van der Waals surface area contributed by atoms with Crippen molar-refractivity contribution in [3.8, 4) is 0 Å². The molecule has 0 atom stereocenters. The number of benzene rings is 2. The summed E-state index contributed by atoms with van der Waals surface area (Å²) in [5, 5.41) is 2.52. The van der Waals surface area contributed by atoms with E-state index in [0.717, 1.165) is 25.7 Å². The third-order valence-electron chi connectivity index (χ3n) is 4.56. The molecule has 0 saturated carbocycles. The summed E-state index contributed by atoms with van der Waals surface area (Å²) in [6.07, 6.45) is 3.62. The molecule has 1 saturated heterocycles. The highest BCUT2D eigenvalue weighted by Crippen LogP contribution is 2.26. The number of halogens is 3. The van der Waals surface area contributed by atoms with Gasteiger partial charge < -0.3 is 5.32 Å². The van der Waals surface area contributed by atoms with Gasteiger partial charge in [0.25, 0.3) is 5.91 Å². The lowest BCUT2D eigenvalue weighted by Gasteiger charge is -2.20. The highest BCUT2D eigenvalue weighted by atomic mass is 79.9. The lowest BCUT2D eigenvalue weighted by molar-refractivity contribution is 0.102. The SMILES string of the molecule is O=C(Nc1ccc(Br)cc1F)c1cc(S(=O)(=O)N2CCCCCC2)ccc1Cl. The fourth-order valence-electron chi connectivity index (χ4n) is 3.05. The molecule has 2 aromatic carbocycles. The fourth-order valence-corrected chi connectivity index (χ4v) is 5.13. The summed E-state index contributed by atoms with van der Waals surface area (Å²) in [6, 6.07) is 8.22. The number of hydrogen-bond donors (Lipinski definition) is 1. The molecular formula is C19H19BrClFN2O3S. The van der Waals surface area contributed by atoms with Gasteiger partial charge >= 0.3 is 0 Å². The van der Waals surface area contributed by atoms with Crippen LogP contribution in [0.5, 0.6) is 0 Å². The normalized spacial score (nSPS) is 15.8. The highest BCUT2D eigenvalue weighted by molar-refractivity contribution is 9.10. The Morgan fingerprint density at radius 2 is 1.75 bits per heavy atom. The van der Waals surface area contributed by atoms with Crippen molar-refractivity contribution < 1.29 is 17.6 Å². The molecular weight excluding hydrogens is 471 g/mol. The van der Waals surface area contributed by atoms with E-state index >= 15 is 0 Å². The van der Waals surface area contributed by atoms with Crippen molar-refractivity contribution in [3.05, 3.63) is 57.3 Å². The summed E-state index contributed by atoms with van der Waals surface area (Å²) < 4.78 is 41.9. The van der Waals surface area contributed by atoms with Crippen molar-refractivity contribution >= 4 is 49.1 Å². The second-order valence-corrected chi connectivity index (χ2v) is 9.80. The number of amides is 1. The molecule has 1 aliphatic heterocycles. The van der Waals surface area contributed by atoms with Crippen LogP contribution in [0.2, 0.25) is 5.02 Å². The van der Waals surface area contributed by atoms with Gasteiger partial charge in [0.05, 0.1) is 21.2 Å². The number of sulfonamides is 1. The number of nitrogens with zero attached hydrogens (tertiary/aromatic N) is 1.